The van der Waals surface area contributed by atoms with Crippen LogP contribution >= 0.6 is 0 Å². The Bertz CT molecular complexity index is 745. The molecule has 1 aromatic heterocycles. The second-order valence-electron chi connectivity index (χ2n) is 7.61. The molecule has 27 heavy (non-hydrogen) atoms. The van der Waals surface area contributed by atoms with E-state index < -0.39 is 0 Å². The predicted octanol–water partition coefficient (Wildman–Crippen LogP) is 4.68. The fourth-order valence-electron chi connectivity index (χ4n) is 4.00. The van der Waals surface area contributed by atoms with Gasteiger partial charge in [0.15, 0.2) is 0 Å². The van der Waals surface area contributed by atoms with E-state index in [0.717, 1.165) is 24.6 Å². The van der Waals surface area contributed by atoms with Crippen LogP contribution in [0.25, 0.3) is 0 Å². The minimum absolute atomic E-state index is 0.124. The van der Waals surface area contributed by atoms with E-state index in [4.69, 9.17) is 0 Å². The Morgan fingerprint density at radius 3 is 2.33 bits per heavy atom. The minimum Gasteiger partial charge on any atom is -0.372 e. The van der Waals surface area contributed by atoms with Gasteiger partial charge >= 0.3 is 0 Å². The third kappa shape index (κ3) is 4.59. The Balaban J connectivity index is 1.34. The van der Waals surface area contributed by atoms with E-state index in [2.05, 4.69) is 32.7 Å². The van der Waals surface area contributed by atoms with Gasteiger partial charge in [0.2, 0.25) is 0 Å². The van der Waals surface area contributed by atoms with Gasteiger partial charge in [-0.15, -0.1) is 0 Å². The molecule has 0 unspecified atom stereocenters. The van der Waals surface area contributed by atoms with Crippen molar-refractivity contribution in [2.45, 2.75) is 51.0 Å². The van der Waals surface area contributed by atoms with E-state index in [9.17, 15) is 4.79 Å². The number of amides is 1. The van der Waals surface area contributed by atoms with Crippen molar-refractivity contribution in [1.82, 2.24) is 4.98 Å². The van der Waals surface area contributed by atoms with Crippen LogP contribution < -0.4 is 15.5 Å². The summed E-state index contributed by atoms with van der Waals surface area (Å²) in [4.78, 5) is 19.3. The van der Waals surface area contributed by atoms with Crippen LogP contribution in [0.1, 0.15) is 55.3 Å². The molecule has 0 atom stereocenters. The number of carbonyl (C=O) groups excluding carboxylic acids is 1. The first kappa shape index (κ1) is 17.8. The fraction of sp³-hybridized carbons (Fsp3) is 0.455. The number of pyridine rings is 1. The monoisotopic (exact) mass is 364 g/mol. The van der Waals surface area contributed by atoms with Gasteiger partial charge in [-0.25, -0.2) is 4.98 Å². The molecule has 0 bridgehead atoms. The largest absolute Gasteiger partial charge is 0.372 e. The number of benzene rings is 1. The van der Waals surface area contributed by atoms with Crippen LogP contribution in [0.3, 0.4) is 0 Å². The van der Waals surface area contributed by atoms with Crippen LogP contribution in [0, 0.1) is 0 Å². The highest BCUT2D eigenvalue weighted by Crippen LogP contribution is 2.23. The van der Waals surface area contributed by atoms with Crippen LogP contribution in [0.2, 0.25) is 0 Å². The molecule has 2 aromatic rings. The van der Waals surface area contributed by atoms with Crippen molar-refractivity contribution in [2.75, 3.05) is 28.6 Å². The lowest BCUT2D eigenvalue weighted by Gasteiger charge is -2.28. The zero-order valence-electron chi connectivity index (χ0n) is 15.8. The molecule has 2 heterocycles. The summed E-state index contributed by atoms with van der Waals surface area (Å²) in [5, 5.41) is 6.41. The number of aromatic nitrogens is 1. The summed E-state index contributed by atoms with van der Waals surface area (Å²) in [6.07, 6.45) is 10.5. The fourth-order valence-corrected chi connectivity index (χ4v) is 4.00. The Morgan fingerprint density at radius 2 is 1.67 bits per heavy atom. The summed E-state index contributed by atoms with van der Waals surface area (Å²) in [6, 6.07) is 12.4. The second kappa shape index (κ2) is 8.42. The molecule has 4 rings (SSSR count). The molecule has 0 radical (unpaired) electrons. The average molecular weight is 364 g/mol. The van der Waals surface area contributed by atoms with Gasteiger partial charge in [0.05, 0.1) is 5.56 Å². The van der Waals surface area contributed by atoms with Crippen LogP contribution in [0.4, 0.5) is 17.2 Å². The van der Waals surface area contributed by atoms with Crippen molar-refractivity contribution >= 4 is 23.1 Å². The summed E-state index contributed by atoms with van der Waals surface area (Å²) in [6.45, 7) is 2.25. The number of hydrogen-bond donors (Lipinski definition) is 2. The van der Waals surface area contributed by atoms with Gasteiger partial charge in [-0.1, -0.05) is 12.8 Å². The molecular formula is C22H28N4O. The number of nitrogens with one attached hydrogen (secondary N) is 2. The van der Waals surface area contributed by atoms with Crippen LogP contribution in [0.15, 0.2) is 42.6 Å². The molecule has 2 aliphatic rings. The molecule has 1 saturated carbocycles. The molecule has 1 amide bonds. The maximum Gasteiger partial charge on any atom is 0.257 e. The predicted molar refractivity (Wildman–Crippen MR) is 111 cm³/mol. The van der Waals surface area contributed by atoms with E-state index in [1.807, 2.05) is 24.3 Å². The molecule has 142 valence electrons. The molecule has 1 aromatic carbocycles. The highest BCUT2D eigenvalue weighted by atomic mass is 16.1. The van der Waals surface area contributed by atoms with Crippen molar-refractivity contribution in [3.05, 3.63) is 48.2 Å². The zero-order chi connectivity index (χ0) is 18.5. The maximum atomic E-state index is 12.5. The lowest BCUT2D eigenvalue weighted by Crippen LogP contribution is -2.29. The molecule has 1 aliphatic heterocycles. The summed E-state index contributed by atoms with van der Waals surface area (Å²) in [5.74, 6) is 0.727. The smallest absolute Gasteiger partial charge is 0.257 e. The Morgan fingerprint density at radius 1 is 0.926 bits per heavy atom. The number of nitrogens with zero attached hydrogens (tertiary/aromatic N) is 2. The van der Waals surface area contributed by atoms with E-state index in [-0.39, 0.29) is 5.91 Å². The van der Waals surface area contributed by atoms with E-state index in [1.54, 1.807) is 6.20 Å². The first-order valence-corrected chi connectivity index (χ1v) is 10.2. The van der Waals surface area contributed by atoms with Crippen molar-refractivity contribution in [2.24, 2.45) is 0 Å². The lowest BCUT2D eigenvalue weighted by atomic mass is 10.1. The topological polar surface area (TPSA) is 57.3 Å². The highest BCUT2D eigenvalue weighted by Gasteiger charge is 2.15. The van der Waals surface area contributed by atoms with Crippen LogP contribution in [0.5, 0.6) is 0 Å². The number of carbonyl (C=O) groups is 1. The van der Waals surface area contributed by atoms with Crippen molar-refractivity contribution < 1.29 is 4.79 Å². The van der Waals surface area contributed by atoms with Crippen molar-refractivity contribution in [3.8, 4) is 0 Å². The Kier molecular flexibility index (Phi) is 5.56. The lowest BCUT2D eigenvalue weighted by molar-refractivity contribution is 0.102. The summed E-state index contributed by atoms with van der Waals surface area (Å²) in [5.41, 5.74) is 2.62. The van der Waals surface area contributed by atoms with Gasteiger partial charge in [-0.3, -0.25) is 4.79 Å². The van der Waals surface area contributed by atoms with Gasteiger partial charge in [0.25, 0.3) is 5.91 Å². The SMILES string of the molecule is O=C(Nc1ccc(N2CCCCC2)cc1)c1ccc(NC2CCCC2)nc1. The third-order valence-electron chi connectivity index (χ3n) is 5.58. The van der Waals surface area contributed by atoms with E-state index in [0.29, 0.717) is 11.6 Å². The third-order valence-corrected chi connectivity index (χ3v) is 5.58. The zero-order valence-corrected chi connectivity index (χ0v) is 15.8. The average Bonchev–Trinajstić information content (AvgIpc) is 3.23. The maximum absolute atomic E-state index is 12.5. The van der Waals surface area contributed by atoms with Gasteiger partial charge in [0.1, 0.15) is 5.82 Å². The Hall–Kier alpha value is -2.56. The van der Waals surface area contributed by atoms with E-state index in [1.165, 1.54) is 50.6 Å². The van der Waals surface area contributed by atoms with Crippen molar-refractivity contribution in [3.63, 3.8) is 0 Å². The quantitative estimate of drug-likeness (QED) is 0.809. The number of piperidine rings is 1. The molecule has 2 N–H and O–H groups in total. The van der Waals surface area contributed by atoms with Crippen LogP contribution in [-0.2, 0) is 0 Å². The second-order valence-corrected chi connectivity index (χ2v) is 7.61. The first-order chi connectivity index (χ1) is 13.3. The number of rotatable bonds is 5. The van der Waals surface area contributed by atoms with Crippen LogP contribution in [-0.4, -0.2) is 30.0 Å². The van der Waals surface area contributed by atoms with Crippen molar-refractivity contribution in [1.29, 1.82) is 0 Å². The Labute approximate surface area is 161 Å². The van der Waals surface area contributed by atoms with Gasteiger partial charge < -0.3 is 15.5 Å². The van der Waals surface area contributed by atoms with Gasteiger partial charge in [0, 0.05) is 36.7 Å². The molecule has 5 heteroatoms. The molecular weight excluding hydrogens is 336 g/mol. The molecule has 2 fully saturated rings. The highest BCUT2D eigenvalue weighted by molar-refractivity contribution is 6.04. The molecule has 1 aliphatic carbocycles. The minimum atomic E-state index is -0.124. The van der Waals surface area contributed by atoms with Gasteiger partial charge in [-0.05, 0) is 68.5 Å². The summed E-state index contributed by atoms with van der Waals surface area (Å²) < 4.78 is 0. The summed E-state index contributed by atoms with van der Waals surface area (Å²) in [7, 11) is 0. The molecule has 1 saturated heterocycles. The summed E-state index contributed by atoms with van der Waals surface area (Å²) >= 11 is 0. The number of hydrogen-bond acceptors (Lipinski definition) is 4. The standard InChI is InChI=1S/C22H28N4O/c27-22(17-8-13-21(23-16-17)24-18-6-2-3-7-18)25-19-9-11-20(12-10-19)26-14-4-1-5-15-26/h8-13,16,18H,1-7,14-15H2,(H,23,24)(H,25,27). The molecule has 5 nitrogen and oxygen atoms in total. The van der Waals surface area contributed by atoms with Gasteiger partial charge in [-0.2, -0.15) is 0 Å². The molecule has 0 spiro atoms. The normalized spacial score (nSPS) is 17.7. The van der Waals surface area contributed by atoms with E-state index >= 15 is 0 Å². The number of anilines is 3. The first-order valence-electron chi connectivity index (χ1n) is 10.2.